The van der Waals surface area contributed by atoms with Crippen LogP contribution in [0.5, 0.6) is 5.75 Å². The fraction of sp³-hybridized carbons (Fsp3) is 0.314. The van der Waals surface area contributed by atoms with Crippen molar-refractivity contribution in [1.29, 1.82) is 0 Å². The summed E-state index contributed by atoms with van der Waals surface area (Å²) in [5.74, 6) is -0.180. The van der Waals surface area contributed by atoms with E-state index in [1.54, 1.807) is 48.1 Å². The molecule has 0 saturated heterocycles. The predicted octanol–water partition coefficient (Wildman–Crippen LogP) is 4.77. The standard InChI is InChI=1S/C35H41ClN6O5S/c1-23-31(32-21-29(47-4)15-18-33(32)42(23)35(44)24-5-7-25(36)8-6-24)22-34(43)37-19-20-38-48(45,46)30-16-11-27(12-17-30)40-39-26-9-13-28(14-10-26)41(2)3/h5,7-11,13-18,21,24,27,38-40H,6,12,19-20,22H2,1-4H3,(H,37,43). The van der Waals surface area contributed by atoms with Crippen molar-refractivity contribution < 1.29 is 22.7 Å². The molecule has 5 rings (SSSR count). The third-order valence-corrected chi connectivity index (χ3v) is 10.2. The summed E-state index contributed by atoms with van der Waals surface area (Å²) >= 11 is 6.06. The van der Waals surface area contributed by atoms with Gasteiger partial charge in [-0.15, -0.1) is 0 Å². The fourth-order valence-electron chi connectivity index (χ4n) is 5.66. The van der Waals surface area contributed by atoms with Gasteiger partial charge in [-0.05, 0) is 79.9 Å². The lowest BCUT2D eigenvalue weighted by Gasteiger charge is -2.20. The van der Waals surface area contributed by atoms with E-state index in [-0.39, 0.29) is 48.2 Å². The van der Waals surface area contributed by atoms with E-state index in [0.29, 0.717) is 40.4 Å². The van der Waals surface area contributed by atoms with Gasteiger partial charge in [0, 0.05) is 60.7 Å². The Hall–Kier alpha value is -4.36. The average Bonchev–Trinajstić information content (AvgIpc) is 3.35. The highest BCUT2D eigenvalue weighted by Gasteiger charge is 2.26. The van der Waals surface area contributed by atoms with Gasteiger partial charge in [0.1, 0.15) is 5.75 Å². The van der Waals surface area contributed by atoms with Crippen LogP contribution in [0.25, 0.3) is 10.9 Å². The Morgan fingerprint density at radius 1 is 1.02 bits per heavy atom. The number of carbonyl (C=O) groups excluding carboxylic acids is 2. The predicted molar refractivity (Wildman–Crippen MR) is 192 cm³/mol. The number of hydrogen-bond acceptors (Lipinski definition) is 8. The van der Waals surface area contributed by atoms with Crippen LogP contribution in [0, 0.1) is 12.8 Å². The van der Waals surface area contributed by atoms with Crippen molar-refractivity contribution in [3.63, 3.8) is 0 Å². The van der Waals surface area contributed by atoms with Gasteiger partial charge in [-0.2, -0.15) is 0 Å². The Labute approximate surface area is 286 Å². The minimum absolute atomic E-state index is 0.00484. The minimum atomic E-state index is -3.76. The van der Waals surface area contributed by atoms with Crippen LogP contribution in [-0.2, 0) is 21.2 Å². The highest BCUT2D eigenvalue weighted by Crippen LogP contribution is 2.32. The quantitative estimate of drug-likeness (QED) is 0.149. The largest absolute Gasteiger partial charge is 0.497 e. The number of allylic oxidation sites excluding steroid dienone is 5. The number of anilines is 2. The second kappa shape index (κ2) is 15.2. The van der Waals surface area contributed by atoms with Gasteiger partial charge >= 0.3 is 0 Å². The van der Waals surface area contributed by atoms with E-state index in [1.807, 2.05) is 68.4 Å². The van der Waals surface area contributed by atoms with Crippen LogP contribution in [0.4, 0.5) is 11.4 Å². The zero-order chi connectivity index (χ0) is 34.4. The molecule has 2 atom stereocenters. The summed E-state index contributed by atoms with van der Waals surface area (Å²) in [6, 6.07) is 13.3. The first-order valence-corrected chi connectivity index (χ1v) is 17.5. The van der Waals surface area contributed by atoms with Gasteiger partial charge in [0.25, 0.3) is 0 Å². The van der Waals surface area contributed by atoms with E-state index < -0.39 is 10.0 Å². The fourth-order valence-corrected chi connectivity index (χ4v) is 6.93. The van der Waals surface area contributed by atoms with Gasteiger partial charge in [0.05, 0.1) is 29.9 Å². The molecule has 0 bridgehead atoms. The van der Waals surface area contributed by atoms with E-state index in [4.69, 9.17) is 16.3 Å². The molecule has 1 aromatic heterocycles. The Kier molecular flexibility index (Phi) is 11.1. The number of ether oxygens (including phenoxy) is 1. The summed E-state index contributed by atoms with van der Waals surface area (Å²) in [6.45, 7) is 1.93. The van der Waals surface area contributed by atoms with Crippen LogP contribution in [0.15, 0.2) is 88.9 Å². The van der Waals surface area contributed by atoms with Crippen molar-refractivity contribution in [2.45, 2.75) is 32.2 Å². The lowest BCUT2D eigenvalue weighted by molar-refractivity contribution is -0.120. The van der Waals surface area contributed by atoms with Gasteiger partial charge in [-0.25, -0.2) is 18.6 Å². The molecule has 4 N–H and O–H groups in total. The van der Waals surface area contributed by atoms with Gasteiger partial charge in [-0.1, -0.05) is 35.9 Å². The molecule has 11 nitrogen and oxygen atoms in total. The number of fused-ring (bicyclic) bond motifs is 1. The number of rotatable bonds is 13. The Balaban J connectivity index is 1.14. The highest BCUT2D eigenvalue weighted by atomic mass is 35.5. The first-order valence-electron chi connectivity index (χ1n) is 15.7. The molecule has 3 aromatic rings. The molecule has 2 aromatic carbocycles. The molecule has 13 heteroatoms. The summed E-state index contributed by atoms with van der Waals surface area (Å²) in [7, 11) is 1.76. The number of carbonyl (C=O) groups is 2. The number of sulfonamides is 1. The summed E-state index contributed by atoms with van der Waals surface area (Å²) in [5.41, 5.74) is 10.4. The van der Waals surface area contributed by atoms with Crippen molar-refractivity contribution in [1.82, 2.24) is 20.0 Å². The monoisotopic (exact) mass is 692 g/mol. The molecule has 1 heterocycles. The number of halogens is 1. The van der Waals surface area contributed by atoms with Crippen molar-refractivity contribution in [3.8, 4) is 5.75 Å². The molecule has 0 aliphatic heterocycles. The number of aromatic nitrogens is 1. The summed E-state index contributed by atoms with van der Waals surface area (Å²) in [5, 5.41) is 4.14. The molecule has 2 aliphatic rings. The molecule has 2 aliphatic carbocycles. The third-order valence-electron chi connectivity index (χ3n) is 8.37. The van der Waals surface area contributed by atoms with Crippen LogP contribution >= 0.6 is 11.6 Å². The highest BCUT2D eigenvalue weighted by molar-refractivity contribution is 7.93. The minimum Gasteiger partial charge on any atom is -0.497 e. The molecule has 2 unspecified atom stereocenters. The number of benzene rings is 2. The van der Waals surface area contributed by atoms with Crippen LogP contribution in [0.1, 0.15) is 28.9 Å². The number of nitrogens with zero attached hydrogens (tertiary/aromatic N) is 2. The summed E-state index contributed by atoms with van der Waals surface area (Å²) in [4.78, 5) is 28.9. The lowest BCUT2D eigenvalue weighted by Crippen LogP contribution is -2.37. The lowest BCUT2D eigenvalue weighted by atomic mass is 9.99. The number of nitrogens with one attached hydrogen (secondary N) is 4. The second-order valence-electron chi connectivity index (χ2n) is 11.9. The van der Waals surface area contributed by atoms with Gasteiger partial charge < -0.3 is 20.4 Å². The summed E-state index contributed by atoms with van der Waals surface area (Å²) < 4.78 is 35.5. The topological polar surface area (TPSA) is 134 Å². The van der Waals surface area contributed by atoms with E-state index in [0.717, 1.165) is 16.8 Å². The molecule has 254 valence electrons. The molecule has 0 radical (unpaired) electrons. The third kappa shape index (κ3) is 8.19. The Bertz CT molecular complexity index is 1910. The maximum Gasteiger partial charge on any atom is 0.240 e. The average molecular weight is 693 g/mol. The maximum absolute atomic E-state index is 13.6. The molecular formula is C35H41ClN6O5S. The van der Waals surface area contributed by atoms with Crippen molar-refractivity contribution >= 4 is 55.7 Å². The maximum atomic E-state index is 13.6. The Morgan fingerprint density at radius 2 is 1.79 bits per heavy atom. The van der Waals surface area contributed by atoms with Gasteiger partial charge in [0.15, 0.2) is 0 Å². The Morgan fingerprint density at radius 3 is 2.44 bits per heavy atom. The van der Waals surface area contributed by atoms with Crippen LogP contribution in [-0.4, -0.2) is 65.1 Å². The molecule has 0 fully saturated rings. The SMILES string of the molecule is COc1ccc2c(c1)c(CC(=O)NCCNS(=O)(=O)C1=CCC(NNc3ccc(N(C)C)cc3)C=C1)c(C)n2C(=O)C1C=CC(Cl)=CC1. The zero-order valence-electron chi connectivity index (χ0n) is 27.4. The van der Waals surface area contributed by atoms with Crippen molar-refractivity contribution in [2.75, 3.05) is 44.6 Å². The van der Waals surface area contributed by atoms with Gasteiger partial charge in [-0.3, -0.25) is 14.2 Å². The second-order valence-corrected chi connectivity index (χ2v) is 14.1. The van der Waals surface area contributed by atoms with Crippen molar-refractivity contribution in [3.05, 3.63) is 100 Å². The van der Waals surface area contributed by atoms with E-state index in [9.17, 15) is 18.0 Å². The molecule has 0 saturated carbocycles. The van der Waals surface area contributed by atoms with Crippen molar-refractivity contribution in [2.24, 2.45) is 5.92 Å². The smallest absolute Gasteiger partial charge is 0.240 e. The normalized spacial score (nSPS) is 17.5. The molecule has 48 heavy (non-hydrogen) atoms. The zero-order valence-corrected chi connectivity index (χ0v) is 29.0. The number of hydrazine groups is 1. The van der Waals surface area contributed by atoms with E-state index in [2.05, 4.69) is 20.9 Å². The van der Waals surface area contributed by atoms with Crippen LogP contribution < -0.4 is 30.5 Å². The van der Waals surface area contributed by atoms with Crippen LogP contribution in [0.3, 0.4) is 0 Å². The number of methoxy groups -OCH3 is 1. The summed E-state index contributed by atoms with van der Waals surface area (Å²) in [6.07, 6.45) is 11.3. The molecule has 1 amide bonds. The number of hydrogen-bond donors (Lipinski definition) is 4. The van der Waals surface area contributed by atoms with E-state index in [1.165, 1.54) is 0 Å². The molecular weight excluding hydrogens is 652 g/mol. The number of amides is 1. The van der Waals surface area contributed by atoms with E-state index >= 15 is 0 Å². The first kappa shape index (κ1) is 35.0. The van der Waals surface area contributed by atoms with Gasteiger partial charge in [0.2, 0.25) is 21.8 Å². The first-order chi connectivity index (χ1) is 23.0. The molecule has 0 spiro atoms. The van der Waals surface area contributed by atoms with Crippen LogP contribution in [0.2, 0.25) is 0 Å².